The smallest absolute Gasteiger partial charge is 0.268 e. The molecule has 0 aliphatic carbocycles. The van der Waals surface area contributed by atoms with Crippen LogP contribution < -0.4 is 15.7 Å². The van der Waals surface area contributed by atoms with Gasteiger partial charge >= 0.3 is 0 Å². The van der Waals surface area contributed by atoms with Gasteiger partial charge in [-0.1, -0.05) is 6.92 Å². The van der Waals surface area contributed by atoms with Crippen molar-refractivity contribution in [3.63, 3.8) is 0 Å². The van der Waals surface area contributed by atoms with E-state index in [0.717, 1.165) is 28.3 Å². The summed E-state index contributed by atoms with van der Waals surface area (Å²) in [6.07, 6.45) is 1.49. The van der Waals surface area contributed by atoms with Gasteiger partial charge in [-0.15, -0.1) is 11.3 Å². The lowest BCUT2D eigenvalue weighted by Gasteiger charge is -2.29. The van der Waals surface area contributed by atoms with Gasteiger partial charge in [0.2, 0.25) is 5.95 Å². The van der Waals surface area contributed by atoms with E-state index < -0.39 is 0 Å². The summed E-state index contributed by atoms with van der Waals surface area (Å²) in [5.74, 6) is 1.12. The molecular weight excluding hydrogens is 400 g/mol. The Labute approximate surface area is 179 Å². The molecule has 0 atom stereocenters. The minimum absolute atomic E-state index is 0.104. The van der Waals surface area contributed by atoms with Gasteiger partial charge in [-0.25, -0.2) is 15.0 Å². The second-order valence-electron chi connectivity index (χ2n) is 8.00. The zero-order valence-corrected chi connectivity index (χ0v) is 18.7. The minimum atomic E-state index is -0.308. The van der Waals surface area contributed by atoms with Crippen molar-refractivity contribution in [2.75, 3.05) is 12.5 Å². The van der Waals surface area contributed by atoms with Crippen LogP contribution in [0.3, 0.4) is 0 Å². The summed E-state index contributed by atoms with van der Waals surface area (Å²) in [5.41, 5.74) is 5.26. The molecule has 1 aliphatic heterocycles. The van der Waals surface area contributed by atoms with Crippen molar-refractivity contribution in [1.29, 1.82) is 0 Å². The summed E-state index contributed by atoms with van der Waals surface area (Å²) in [6.45, 7) is 8.56. The molecule has 1 N–H and O–H groups in total. The van der Waals surface area contributed by atoms with Crippen molar-refractivity contribution in [2.45, 2.75) is 52.7 Å². The highest BCUT2D eigenvalue weighted by Crippen LogP contribution is 2.37. The van der Waals surface area contributed by atoms with Gasteiger partial charge < -0.3 is 9.47 Å². The topological polar surface area (TPSA) is 77.7 Å². The van der Waals surface area contributed by atoms with Crippen LogP contribution in [-0.4, -0.2) is 28.0 Å². The number of fused-ring (bicyclic) bond motifs is 3. The highest BCUT2D eigenvalue weighted by atomic mass is 32.1. The molecule has 3 heterocycles. The molecule has 3 aromatic rings. The van der Waals surface area contributed by atoms with Crippen LogP contribution in [0.5, 0.6) is 5.75 Å². The lowest BCUT2D eigenvalue weighted by molar-refractivity contribution is -0.0379. The van der Waals surface area contributed by atoms with Crippen molar-refractivity contribution in [1.82, 2.24) is 9.55 Å². The molecule has 1 aromatic carbocycles. The number of ether oxygens (including phenoxy) is 2. The maximum Gasteiger partial charge on any atom is 0.268 e. The second kappa shape index (κ2) is 7.85. The monoisotopic (exact) mass is 426 g/mol. The third-order valence-corrected chi connectivity index (χ3v) is 6.39. The fourth-order valence-corrected chi connectivity index (χ4v) is 4.56. The normalized spacial score (nSPS) is 15.8. The first kappa shape index (κ1) is 20.6. The molecule has 0 bridgehead atoms. The van der Waals surface area contributed by atoms with E-state index in [1.807, 2.05) is 52.0 Å². The molecule has 30 heavy (non-hydrogen) atoms. The van der Waals surface area contributed by atoms with Gasteiger partial charge in [0, 0.05) is 17.0 Å². The van der Waals surface area contributed by atoms with E-state index in [1.54, 1.807) is 11.7 Å². The van der Waals surface area contributed by atoms with E-state index >= 15 is 0 Å². The molecule has 0 amide bonds. The molecule has 0 saturated carbocycles. The van der Waals surface area contributed by atoms with E-state index in [2.05, 4.69) is 10.5 Å². The Kier molecular flexibility index (Phi) is 5.38. The van der Waals surface area contributed by atoms with Crippen LogP contribution in [0.4, 0.5) is 5.95 Å². The van der Waals surface area contributed by atoms with Gasteiger partial charge in [-0.3, -0.25) is 4.79 Å². The molecular formula is C22H26N4O3S. The SMILES string of the molecule is CC/C(C)=N/Nc1nc2sc3c(c2c(=O)n1-c1ccc(OC)cc1)CC(C)(C)OC3. The molecule has 2 aromatic heterocycles. The van der Waals surface area contributed by atoms with Crippen LogP contribution in [-0.2, 0) is 17.8 Å². The summed E-state index contributed by atoms with van der Waals surface area (Å²) >= 11 is 1.52. The molecule has 158 valence electrons. The average Bonchev–Trinajstić information content (AvgIpc) is 3.08. The Morgan fingerprint density at radius 1 is 1.37 bits per heavy atom. The highest BCUT2D eigenvalue weighted by Gasteiger charge is 2.31. The summed E-state index contributed by atoms with van der Waals surface area (Å²) in [6, 6.07) is 7.36. The first-order valence-corrected chi connectivity index (χ1v) is 10.8. The van der Waals surface area contributed by atoms with Crippen LogP contribution in [0.2, 0.25) is 0 Å². The number of nitrogens with zero attached hydrogens (tertiary/aromatic N) is 3. The number of hydrazone groups is 1. The number of benzene rings is 1. The largest absolute Gasteiger partial charge is 0.497 e. The molecule has 0 saturated heterocycles. The predicted molar refractivity (Wildman–Crippen MR) is 121 cm³/mol. The van der Waals surface area contributed by atoms with Crippen LogP contribution in [0.25, 0.3) is 15.9 Å². The number of rotatable bonds is 5. The third-order valence-electron chi connectivity index (χ3n) is 5.29. The molecule has 0 spiro atoms. The molecule has 0 unspecified atom stereocenters. The summed E-state index contributed by atoms with van der Waals surface area (Å²) in [4.78, 5) is 20.3. The summed E-state index contributed by atoms with van der Waals surface area (Å²) < 4.78 is 12.8. The lowest BCUT2D eigenvalue weighted by Crippen LogP contribution is -2.32. The lowest BCUT2D eigenvalue weighted by atomic mass is 9.94. The Balaban J connectivity index is 1.95. The predicted octanol–water partition coefficient (Wildman–Crippen LogP) is 4.50. The Morgan fingerprint density at radius 2 is 2.10 bits per heavy atom. The van der Waals surface area contributed by atoms with Gasteiger partial charge in [-0.2, -0.15) is 5.10 Å². The van der Waals surface area contributed by atoms with Crippen molar-refractivity contribution in [2.24, 2.45) is 5.10 Å². The number of aromatic nitrogens is 2. The Bertz CT molecular complexity index is 1180. The number of thiophene rings is 1. The van der Waals surface area contributed by atoms with Gasteiger partial charge in [0.05, 0.1) is 30.4 Å². The summed E-state index contributed by atoms with van der Waals surface area (Å²) in [7, 11) is 1.62. The third kappa shape index (κ3) is 3.73. The summed E-state index contributed by atoms with van der Waals surface area (Å²) in [5, 5.41) is 5.06. The Morgan fingerprint density at radius 3 is 2.77 bits per heavy atom. The van der Waals surface area contributed by atoms with E-state index in [0.29, 0.717) is 34.9 Å². The number of anilines is 1. The van der Waals surface area contributed by atoms with Gasteiger partial charge in [0.15, 0.2) is 0 Å². The number of hydrogen-bond donors (Lipinski definition) is 1. The molecule has 0 radical (unpaired) electrons. The first-order valence-electron chi connectivity index (χ1n) is 9.98. The quantitative estimate of drug-likeness (QED) is 0.480. The minimum Gasteiger partial charge on any atom is -0.497 e. The van der Waals surface area contributed by atoms with E-state index in [9.17, 15) is 4.79 Å². The van der Waals surface area contributed by atoms with Crippen LogP contribution in [0.15, 0.2) is 34.2 Å². The van der Waals surface area contributed by atoms with Crippen LogP contribution in [0, 0.1) is 0 Å². The fraction of sp³-hybridized carbons (Fsp3) is 0.409. The van der Waals surface area contributed by atoms with Crippen LogP contribution >= 0.6 is 11.3 Å². The van der Waals surface area contributed by atoms with Gasteiger partial charge in [0.25, 0.3) is 5.56 Å². The maximum absolute atomic E-state index is 13.7. The average molecular weight is 427 g/mol. The standard InChI is InChI=1S/C22H26N4O3S/c1-6-13(2)24-25-21-23-19-18(16-11-22(3,4)29-12-17(16)30-19)20(27)26(21)14-7-9-15(28-5)10-8-14/h7-10H,6,11-12H2,1-5H3,(H,23,25)/b24-13+. The van der Waals surface area contributed by atoms with Crippen molar-refractivity contribution >= 4 is 33.2 Å². The zero-order chi connectivity index (χ0) is 21.5. The molecule has 8 heteroatoms. The maximum atomic E-state index is 13.7. The Hall–Kier alpha value is -2.71. The number of hydrogen-bond acceptors (Lipinski definition) is 7. The molecule has 0 fully saturated rings. The van der Waals surface area contributed by atoms with E-state index in [4.69, 9.17) is 14.5 Å². The van der Waals surface area contributed by atoms with Gasteiger partial charge in [-0.05, 0) is 57.0 Å². The van der Waals surface area contributed by atoms with Crippen molar-refractivity contribution < 1.29 is 9.47 Å². The molecule has 4 rings (SSSR count). The van der Waals surface area contributed by atoms with E-state index in [1.165, 1.54) is 11.3 Å². The zero-order valence-electron chi connectivity index (χ0n) is 17.9. The highest BCUT2D eigenvalue weighted by molar-refractivity contribution is 7.18. The van der Waals surface area contributed by atoms with E-state index in [-0.39, 0.29) is 11.2 Å². The van der Waals surface area contributed by atoms with Crippen LogP contribution in [0.1, 0.15) is 44.6 Å². The molecule has 7 nitrogen and oxygen atoms in total. The number of nitrogens with one attached hydrogen (secondary N) is 1. The van der Waals surface area contributed by atoms with Gasteiger partial charge in [0.1, 0.15) is 10.6 Å². The second-order valence-corrected chi connectivity index (χ2v) is 9.08. The first-order chi connectivity index (χ1) is 14.3. The number of methoxy groups -OCH3 is 1. The van der Waals surface area contributed by atoms with Crippen molar-refractivity contribution in [3.8, 4) is 11.4 Å². The fourth-order valence-electron chi connectivity index (χ4n) is 3.46. The molecule has 1 aliphatic rings. The van der Waals surface area contributed by atoms with Crippen molar-refractivity contribution in [3.05, 3.63) is 45.1 Å².